The molecule has 10 nitrogen and oxygen atoms in total. The van der Waals surface area contributed by atoms with Gasteiger partial charge in [-0.2, -0.15) is 4.98 Å². The van der Waals surface area contributed by atoms with Crippen LogP contribution >= 0.6 is 11.3 Å². The Balaban J connectivity index is 1.70. The fourth-order valence-electron chi connectivity index (χ4n) is 3.39. The summed E-state index contributed by atoms with van der Waals surface area (Å²) in [5.41, 5.74) is 5.13. The molecular weight excluding hydrogens is 364 g/mol. The second-order valence-electron chi connectivity index (χ2n) is 6.62. The number of aromatic nitrogens is 3. The lowest BCUT2D eigenvalue weighted by Gasteiger charge is -2.23. The van der Waals surface area contributed by atoms with Gasteiger partial charge >= 0.3 is 10.8 Å². The van der Waals surface area contributed by atoms with Crippen LogP contribution in [-0.2, 0) is 14.3 Å². The topological polar surface area (TPSA) is 150 Å². The monoisotopic (exact) mass is 382 g/mol. The average molecular weight is 382 g/mol. The number of carbonyl (C=O) groups is 1. The number of nitrogens with one attached hydrogen (secondary N) is 1. The molecule has 0 amide bonds. The van der Waals surface area contributed by atoms with Crippen LogP contribution in [0, 0.1) is 5.92 Å². The highest BCUT2D eigenvalue weighted by Gasteiger charge is 2.47. The van der Waals surface area contributed by atoms with Gasteiger partial charge in [-0.25, -0.2) is 0 Å². The fourth-order valence-corrected chi connectivity index (χ4v) is 4.23. The highest BCUT2D eigenvalue weighted by Crippen LogP contribution is 2.42. The molecule has 4 atom stereocenters. The van der Waals surface area contributed by atoms with Gasteiger partial charge in [-0.15, -0.1) is 0 Å². The number of aromatic amines is 1. The number of anilines is 1. The maximum atomic E-state index is 12.4. The SMILES string of the molecule is CC(=O)OC(C1CC1)[C@@H]1C[C@@H](O)C(n2c(=O)sc3c(=O)[nH]c(N)nc32)O1. The summed E-state index contributed by atoms with van der Waals surface area (Å²) in [6.45, 7) is 1.33. The molecule has 0 spiro atoms. The molecule has 2 aromatic heterocycles. The Hall–Kier alpha value is -2.24. The van der Waals surface area contributed by atoms with E-state index in [1.807, 2.05) is 0 Å². The molecule has 3 heterocycles. The highest BCUT2D eigenvalue weighted by molar-refractivity contribution is 7.16. The van der Waals surface area contributed by atoms with Crippen LogP contribution in [0.2, 0.25) is 0 Å². The minimum atomic E-state index is -1.02. The third-order valence-electron chi connectivity index (χ3n) is 4.62. The fraction of sp³-hybridized carbons (Fsp3) is 0.600. The van der Waals surface area contributed by atoms with Crippen molar-refractivity contribution in [3.05, 3.63) is 20.0 Å². The van der Waals surface area contributed by atoms with Gasteiger partial charge in [0.1, 0.15) is 23.0 Å². The number of nitrogens with zero attached hydrogens (tertiary/aromatic N) is 2. The lowest BCUT2D eigenvalue weighted by Crippen LogP contribution is -2.33. The van der Waals surface area contributed by atoms with E-state index in [0.717, 1.165) is 17.4 Å². The zero-order valence-electron chi connectivity index (χ0n) is 13.9. The van der Waals surface area contributed by atoms with E-state index in [0.29, 0.717) is 11.3 Å². The summed E-state index contributed by atoms with van der Waals surface area (Å²) in [5, 5.41) is 10.5. The molecule has 0 radical (unpaired) electrons. The Kier molecular flexibility index (Phi) is 4.09. The third-order valence-corrected chi connectivity index (χ3v) is 5.56. The highest BCUT2D eigenvalue weighted by atomic mass is 32.1. The molecule has 1 aliphatic carbocycles. The number of rotatable bonds is 4. The minimum Gasteiger partial charge on any atom is -0.459 e. The zero-order chi connectivity index (χ0) is 18.6. The number of thiazole rings is 1. The van der Waals surface area contributed by atoms with Crippen LogP contribution in [0.4, 0.5) is 5.95 Å². The van der Waals surface area contributed by atoms with Crippen LogP contribution in [0.1, 0.15) is 32.4 Å². The summed E-state index contributed by atoms with van der Waals surface area (Å²) >= 11 is 0.711. The number of nitrogens with two attached hydrogens (primary N) is 1. The van der Waals surface area contributed by atoms with E-state index in [1.165, 1.54) is 6.92 Å². The van der Waals surface area contributed by atoms with E-state index in [1.54, 1.807) is 0 Å². The Labute approximate surface area is 150 Å². The molecule has 2 aromatic rings. The second kappa shape index (κ2) is 6.18. The number of nitrogen functional groups attached to an aromatic ring is 1. The number of aliphatic hydroxyl groups is 1. The molecule has 11 heteroatoms. The number of fused-ring (bicyclic) bond motifs is 1. The van der Waals surface area contributed by atoms with Crippen molar-refractivity contribution in [3.63, 3.8) is 0 Å². The van der Waals surface area contributed by atoms with Gasteiger partial charge in [-0.1, -0.05) is 11.3 Å². The molecule has 26 heavy (non-hydrogen) atoms. The van der Waals surface area contributed by atoms with Gasteiger partial charge in [-0.05, 0) is 18.8 Å². The molecule has 2 unspecified atom stereocenters. The van der Waals surface area contributed by atoms with E-state index in [-0.39, 0.29) is 28.6 Å². The van der Waals surface area contributed by atoms with Gasteiger partial charge in [0.25, 0.3) is 5.56 Å². The summed E-state index contributed by atoms with van der Waals surface area (Å²) in [4.78, 5) is 41.6. The molecule has 2 aliphatic rings. The van der Waals surface area contributed by atoms with E-state index < -0.39 is 40.9 Å². The molecular formula is C15H18N4O6S. The predicted molar refractivity (Wildman–Crippen MR) is 91.7 cm³/mol. The molecule has 140 valence electrons. The first-order valence-electron chi connectivity index (χ1n) is 8.26. The first-order chi connectivity index (χ1) is 12.3. The molecule has 4 rings (SSSR count). The Morgan fingerprint density at radius 2 is 2.23 bits per heavy atom. The van der Waals surface area contributed by atoms with E-state index >= 15 is 0 Å². The Morgan fingerprint density at radius 1 is 1.50 bits per heavy atom. The van der Waals surface area contributed by atoms with Gasteiger partial charge in [0.15, 0.2) is 11.9 Å². The number of esters is 1. The van der Waals surface area contributed by atoms with Crippen molar-refractivity contribution in [2.24, 2.45) is 5.92 Å². The second-order valence-corrected chi connectivity index (χ2v) is 7.58. The summed E-state index contributed by atoms with van der Waals surface area (Å²) in [5.74, 6) is -0.348. The predicted octanol–water partition coefficient (Wildman–Crippen LogP) is -0.281. The van der Waals surface area contributed by atoms with Crippen molar-refractivity contribution in [3.8, 4) is 0 Å². The Morgan fingerprint density at radius 3 is 2.88 bits per heavy atom. The summed E-state index contributed by atoms with van der Waals surface area (Å²) in [7, 11) is 0. The Bertz CT molecular complexity index is 977. The number of hydrogen-bond donors (Lipinski definition) is 3. The third kappa shape index (κ3) is 2.91. The molecule has 0 aromatic carbocycles. The van der Waals surface area contributed by atoms with Crippen LogP contribution in [-0.4, -0.2) is 43.9 Å². The molecule has 0 bridgehead atoms. The number of H-pyrrole nitrogens is 1. The van der Waals surface area contributed by atoms with Gasteiger partial charge in [0.2, 0.25) is 5.95 Å². The van der Waals surface area contributed by atoms with Crippen molar-refractivity contribution >= 4 is 33.6 Å². The summed E-state index contributed by atoms with van der Waals surface area (Å²) < 4.78 is 12.5. The van der Waals surface area contributed by atoms with Crippen molar-refractivity contribution in [2.75, 3.05) is 5.73 Å². The van der Waals surface area contributed by atoms with Gasteiger partial charge in [-0.3, -0.25) is 23.9 Å². The van der Waals surface area contributed by atoms with Crippen molar-refractivity contribution < 1.29 is 19.4 Å². The zero-order valence-corrected chi connectivity index (χ0v) is 14.7. The number of hydrogen-bond acceptors (Lipinski definition) is 9. The molecule has 4 N–H and O–H groups in total. The van der Waals surface area contributed by atoms with Crippen molar-refractivity contribution in [2.45, 2.75) is 50.7 Å². The van der Waals surface area contributed by atoms with E-state index in [2.05, 4.69) is 9.97 Å². The van der Waals surface area contributed by atoms with Crippen LogP contribution < -0.4 is 16.2 Å². The van der Waals surface area contributed by atoms with E-state index in [4.69, 9.17) is 15.2 Å². The van der Waals surface area contributed by atoms with Gasteiger partial charge in [0.05, 0.1) is 0 Å². The quantitative estimate of drug-likeness (QED) is 0.611. The first-order valence-corrected chi connectivity index (χ1v) is 9.08. The number of ether oxygens (including phenoxy) is 2. The largest absolute Gasteiger partial charge is 0.459 e. The van der Waals surface area contributed by atoms with Crippen molar-refractivity contribution in [1.82, 2.24) is 14.5 Å². The number of aliphatic hydroxyl groups excluding tert-OH is 1. The molecule has 2 fully saturated rings. The summed E-state index contributed by atoms with van der Waals surface area (Å²) in [6, 6.07) is 0. The smallest absolute Gasteiger partial charge is 0.311 e. The lowest BCUT2D eigenvalue weighted by molar-refractivity contribution is -0.158. The van der Waals surface area contributed by atoms with Gasteiger partial charge < -0.3 is 20.3 Å². The van der Waals surface area contributed by atoms with Crippen LogP contribution in [0.15, 0.2) is 9.59 Å². The van der Waals surface area contributed by atoms with Crippen LogP contribution in [0.5, 0.6) is 0 Å². The standard InChI is InChI=1S/C15H18N4O6S/c1-5(20)24-9(6-2-3-6)8-4-7(21)13(25-8)19-11-10(26-15(19)23)12(22)18-14(16)17-11/h6-9,13,21H,2-4H2,1H3,(H3,16,17,18,22)/t7-,8+,9?,13?/m1/s1. The molecule has 1 aliphatic heterocycles. The van der Waals surface area contributed by atoms with Gasteiger partial charge in [0, 0.05) is 13.3 Å². The minimum absolute atomic E-state index is 0.0707. The first kappa shape index (κ1) is 17.2. The lowest BCUT2D eigenvalue weighted by atomic mass is 10.0. The van der Waals surface area contributed by atoms with Crippen LogP contribution in [0.3, 0.4) is 0 Å². The maximum absolute atomic E-state index is 12.4. The number of carbonyl (C=O) groups excluding carboxylic acids is 1. The van der Waals surface area contributed by atoms with E-state index in [9.17, 15) is 19.5 Å². The molecule has 1 saturated heterocycles. The maximum Gasteiger partial charge on any atom is 0.311 e. The normalized spacial score (nSPS) is 26.9. The van der Waals surface area contributed by atoms with Crippen molar-refractivity contribution in [1.29, 1.82) is 0 Å². The summed E-state index contributed by atoms with van der Waals surface area (Å²) in [6.07, 6.45) is -0.967. The molecule has 1 saturated carbocycles. The van der Waals surface area contributed by atoms with Crippen LogP contribution in [0.25, 0.3) is 10.3 Å². The average Bonchev–Trinajstić information content (AvgIpc) is 3.25.